The first-order valence-corrected chi connectivity index (χ1v) is 10.5. The van der Waals surface area contributed by atoms with Gasteiger partial charge in [0.25, 0.3) is 11.5 Å². The van der Waals surface area contributed by atoms with Crippen LogP contribution in [0.2, 0.25) is 0 Å². The van der Waals surface area contributed by atoms with Crippen LogP contribution in [-0.4, -0.2) is 33.6 Å². The van der Waals surface area contributed by atoms with E-state index < -0.39 is 41.4 Å². The zero-order valence-corrected chi connectivity index (χ0v) is 18.3. The maximum absolute atomic E-state index is 13.2. The number of benzene rings is 2. The molecule has 12 heteroatoms. The van der Waals surface area contributed by atoms with Gasteiger partial charge in [0.05, 0.1) is 10.9 Å². The minimum absolute atomic E-state index is 0.0291. The van der Waals surface area contributed by atoms with Crippen molar-refractivity contribution in [3.8, 4) is 5.75 Å². The summed E-state index contributed by atoms with van der Waals surface area (Å²) in [5, 5.41) is 5.10. The minimum atomic E-state index is -4.83. The zero-order valence-electron chi connectivity index (χ0n) is 18.3. The van der Waals surface area contributed by atoms with Gasteiger partial charge in [-0.05, 0) is 55.3 Å². The van der Waals surface area contributed by atoms with E-state index >= 15 is 0 Å². The van der Waals surface area contributed by atoms with E-state index in [1.54, 1.807) is 25.1 Å². The third-order valence-corrected chi connectivity index (χ3v) is 5.47. The number of fused-ring (bicyclic) bond motifs is 1. The second-order valence-electron chi connectivity index (χ2n) is 7.91. The van der Waals surface area contributed by atoms with Gasteiger partial charge in [-0.2, -0.15) is 0 Å². The number of nitrogens with zero attached hydrogens (tertiary/aromatic N) is 2. The highest BCUT2D eigenvalue weighted by Crippen LogP contribution is 2.23. The first-order chi connectivity index (χ1) is 16.5. The lowest BCUT2D eigenvalue weighted by Crippen LogP contribution is -2.45. The van der Waals surface area contributed by atoms with E-state index in [1.807, 2.05) is 0 Å². The van der Waals surface area contributed by atoms with Crippen molar-refractivity contribution >= 4 is 28.6 Å². The van der Waals surface area contributed by atoms with Crippen molar-refractivity contribution in [3.63, 3.8) is 0 Å². The fourth-order valence-corrected chi connectivity index (χ4v) is 3.85. The number of rotatable bonds is 5. The fourth-order valence-electron chi connectivity index (χ4n) is 3.85. The summed E-state index contributed by atoms with van der Waals surface area (Å²) >= 11 is 0. The number of nitrogens with one attached hydrogen (secondary N) is 2. The van der Waals surface area contributed by atoms with Crippen molar-refractivity contribution in [1.82, 2.24) is 20.2 Å². The highest BCUT2D eigenvalue weighted by Gasteiger charge is 2.31. The zero-order chi connectivity index (χ0) is 25.3. The van der Waals surface area contributed by atoms with Crippen LogP contribution in [0.3, 0.4) is 0 Å². The Balaban J connectivity index is 1.52. The molecule has 0 bridgehead atoms. The number of carbonyl (C=O) groups is 3. The molecule has 3 amide bonds. The van der Waals surface area contributed by atoms with Crippen LogP contribution in [0, 0.1) is 6.92 Å². The topological polar surface area (TPSA) is 119 Å². The number of ether oxygens (including phenoxy) is 1. The molecule has 1 aliphatic rings. The summed E-state index contributed by atoms with van der Waals surface area (Å²) in [7, 11) is 0. The summed E-state index contributed by atoms with van der Waals surface area (Å²) in [5.74, 6) is -1.62. The molecule has 182 valence electrons. The van der Waals surface area contributed by atoms with Crippen LogP contribution in [0.15, 0.2) is 47.3 Å². The monoisotopic (exact) mass is 488 g/mol. The van der Waals surface area contributed by atoms with E-state index in [0.29, 0.717) is 16.9 Å². The number of amides is 3. The Kier molecular flexibility index (Phi) is 6.29. The molecule has 4 rings (SSSR count). The number of imide groups is 1. The fraction of sp³-hybridized carbons (Fsp3) is 0.261. The number of aromatic nitrogens is 2. The van der Waals surface area contributed by atoms with Crippen molar-refractivity contribution in [1.29, 1.82) is 0 Å². The van der Waals surface area contributed by atoms with Gasteiger partial charge in [0.1, 0.15) is 17.6 Å². The SMILES string of the molecule is Cc1nc2ccc(CNC(=O)c3ccc(OC(F)(F)F)cc3)cc2c(=O)n1[C@H]1CCC(=O)NC1=O. The maximum Gasteiger partial charge on any atom is 0.573 e. The van der Waals surface area contributed by atoms with E-state index in [1.165, 1.54) is 16.7 Å². The van der Waals surface area contributed by atoms with Crippen LogP contribution in [0.25, 0.3) is 10.9 Å². The number of alkyl halides is 3. The van der Waals surface area contributed by atoms with Gasteiger partial charge in [-0.25, -0.2) is 4.98 Å². The van der Waals surface area contributed by atoms with Crippen LogP contribution in [0.1, 0.15) is 40.6 Å². The molecule has 1 atom stereocenters. The van der Waals surface area contributed by atoms with Crippen molar-refractivity contribution in [3.05, 3.63) is 69.8 Å². The van der Waals surface area contributed by atoms with E-state index in [0.717, 1.165) is 12.1 Å². The predicted molar refractivity (Wildman–Crippen MR) is 116 cm³/mol. The Bertz CT molecular complexity index is 1380. The Morgan fingerprint density at radius 2 is 1.89 bits per heavy atom. The lowest BCUT2D eigenvalue weighted by molar-refractivity contribution is -0.274. The second-order valence-corrected chi connectivity index (χ2v) is 7.91. The molecule has 0 aliphatic carbocycles. The largest absolute Gasteiger partial charge is 0.573 e. The molecule has 1 aromatic heterocycles. The van der Waals surface area contributed by atoms with Gasteiger partial charge < -0.3 is 10.1 Å². The molecule has 1 aliphatic heterocycles. The van der Waals surface area contributed by atoms with Crippen LogP contribution in [0.4, 0.5) is 13.2 Å². The van der Waals surface area contributed by atoms with E-state index in [2.05, 4.69) is 20.4 Å². The van der Waals surface area contributed by atoms with Gasteiger partial charge in [-0.3, -0.25) is 29.1 Å². The molecule has 1 saturated heterocycles. The Morgan fingerprint density at radius 1 is 1.17 bits per heavy atom. The first-order valence-electron chi connectivity index (χ1n) is 10.5. The van der Waals surface area contributed by atoms with Crippen LogP contribution < -0.4 is 20.9 Å². The highest BCUT2D eigenvalue weighted by molar-refractivity contribution is 5.99. The van der Waals surface area contributed by atoms with Crippen LogP contribution in [-0.2, 0) is 16.1 Å². The minimum Gasteiger partial charge on any atom is -0.406 e. The van der Waals surface area contributed by atoms with Crippen LogP contribution >= 0.6 is 0 Å². The molecule has 2 N–H and O–H groups in total. The summed E-state index contributed by atoms with van der Waals surface area (Å²) in [6, 6.07) is 8.43. The predicted octanol–water partition coefficient (Wildman–Crippen LogP) is 2.51. The van der Waals surface area contributed by atoms with E-state index in [-0.39, 0.29) is 30.3 Å². The van der Waals surface area contributed by atoms with E-state index in [9.17, 15) is 32.3 Å². The van der Waals surface area contributed by atoms with Crippen molar-refractivity contribution < 1.29 is 32.3 Å². The summed E-state index contributed by atoms with van der Waals surface area (Å²) < 4.78 is 41.9. The van der Waals surface area contributed by atoms with Crippen molar-refractivity contribution in [2.75, 3.05) is 0 Å². The third-order valence-electron chi connectivity index (χ3n) is 5.47. The number of hydrogen-bond donors (Lipinski definition) is 2. The van der Waals surface area contributed by atoms with Gasteiger partial charge >= 0.3 is 6.36 Å². The summed E-state index contributed by atoms with van der Waals surface area (Å²) in [6.45, 7) is 1.63. The molecule has 2 heterocycles. The van der Waals surface area contributed by atoms with Crippen molar-refractivity contribution in [2.45, 2.75) is 38.7 Å². The lowest BCUT2D eigenvalue weighted by Gasteiger charge is -2.24. The summed E-state index contributed by atoms with van der Waals surface area (Å²) in [5.41, 5.74) is 0.653. The smallest absolute Gasteiger partial charge is 0.406 e. The molecule has 0 saturated carbocycles. The molecule has 35 heavy (non-hydrogen) atoms. The summed E-state index contributed by atoms with van der Waals surface area (Å²) in [6.07, 6.45) is -4.54. The Labute approximate surface area is 195 Å². The Morgan fingerprint density at radius 3 is 2.54 bits per heavy atom. The highest BCUT2D eigenvalue weighted by atomic mass is 19.4. The molecule has 2 aromatic carbocycles. The standard InChI is InChI=1S/C23H19F3N4O5/c1-12-28-17-7-2-13(10-16(17)22(34)30(12)18-8-9-19(31)29-21(18)33)11-27-20(32)14-3-5-15(6-4-14)35-23(24,25)26/h2-7,10,18H,8-9,11H2,1H3,(H,27,32)(H,29,31,33)/t18-/m0/s1. The average Bonchev–Trinajstić information content (AvgIpc) is 2.78. The molecule has 3 aromatic rings. The van der Waals surface area contributed by atoms with Gasteiger partial charge in [-0.1, -0.05) is 6.07 Å². The van der Waals surface area contributed by atoms with Gasteiger partial charge in [0.2, 0.25) is 11.8 Å². The normalized spacial score (nSPS) is 16.2. The molecule has 1 fully saturated rings. The van der Waals surface area contributed by atoms with Gasteiger partial charge in [-0.15, -0.1) is 13.2 Å². The molecule has 0 spiro atoms. The molecule has 0 unspecified atom stereocenters. The second kappa shape index (κ2) is 9.20. The maximum atomic E-state index is 13.2. The van der Waals surface area contributed by atoms with Gasteiger partial charge in [0, 0.05) is 18.5 Å². The number of piperidine rings is 1. The number of halogens is 3. The Hall–Kier alpha value is -4.22. The number of hydrogen-bond acceptors (Lipinski definition) is 6. The molecular formula is C23H19F3N4O5. The third kappa shape index (κ3) is 5.31. The molecular weight excluding hydrogens is 469 g/mol. The average molecular weight is 488 g/mol. The molecule has 9 nitrogen and oxygen atoms in total. The van der Waals surface area contributed by atoms with Crippen LogP contribution in [0.5, 0.6) is 5.75 Å². The van der Waals surface area contributed by atoms with E-state index in [4.69, 9.17) is 0 Å². The lowest BCUT2D eigenvalue weighted by atomic mass is 10.0. The molecule has 0 radical (unpaired) electrons. The summed E-state index contributed by atoms with van der Waals surface area (Å²) in [4.78, 5) is 53.7. The van der Waals surface area contributed by atoms with Crippen molar-refractivity contribution in [2.24, 2.45) is 0 Å². The number of carbonyl (C=O) groups excluding carboxylic acids is 3. The number of aryl methyl sites for hydroxylation is 1. The first kappa shape index (κ1) is 23.9. The quantitative estimate of drug-likeness (QED) is 0.533. The van der Waals surface area contributed by atoms with Gasteiger partial charge in [0.15, 0.2) is 0 Å².